The molecule has 0 saturated heterocycles. The third-order valence-corrected chi connectivity index (χ3v) is 4.22. The molecule has 3 aromatic rings. The Bertz CT molecular complexity index is 1130. The van der Waals surface area contributed by atoms with Crippen LogP contribution in [0.2, 0.25) is 0 Å². The molecule has 0 aliphatic rings. The monoisotopic (exact) mass is 414 g/mol. The molecular weight excluding hydrogens is 399 g/mol. The number of alkyl halides is 3. The van der Waals surface area contributed by atoms with Gasteiger partial charge in [-0.3, -0.25) is 18.8 Å². The van der Waals surface area contributed by atoms with Crippen LogP contribution in [-0.2, 0) is 24.1 Å². The van der Waals surface area contributed by atoms with E-state index < -0.39 is 34.8 Å². The Kier molecular flexibility index (Phi) is 5.40. The van der Waals surface area contributed by atoms with E-state index in [1.807, 2.05) is 0 Å². The number of carbonyl (C=O) groups excluding carboxylic acids is 1. The highest BCUT2D eigenvalue weighted by Crippen LogP contribution is 2.33. The molecule has 3 rings (SSSR count). The molecule has 2 heterocycles. The van der Waals surface area contributed by atoms with Crippen LogP contribution in [0.15, 0.2) is 35.3 Å². The summed E-state index contributed by atoms with van der Waals surface area (Å²) in [6.07, 6.45) is -3.90. The molecule has 1 N–H and O–H groups in total. The minimum Gasteiger partial charge on any atom is -0.324 e. The van der Waals surface area contributed by atoms with Crippen LogP contribution >= 0.6 is 0 Å². The number of hydrogen-bond donors (Lipinski definition) is 1. The largest absolute Gasteiger partial charge is 0.417 e. The zero-order valence-electron chi connectivity index (χ0n) is 15.1. The second-order valence-electron chi connectivity index (χ2n) is 6.19. The lowest BCUT2D eigenvalue weighted by atomic mass is 10.2. The van der Waals surface area contributed by atoms with Crippen molar-refractivity contribution in [1.82, 2.24) is 14.3 Å². The standard InChI is InChI=1S/C18H15F5N4O2/c1-2-26-9-11-12(18(21,22)23)8-16(29)27(17(11)25-26)6-5-15(28)24-14-4-3-10(19)7-13(14)20/h3-4,7-9H,2,5-6H2,1H3,(H,24,28). The molecule has 0 aliphatic heterocycles. The predicted molar refractivity (Wildman–Crippen MR) is 94.3 cm³/mol. The maximum Gasteiger partial charge on any atom is 0.417 e. The quantitative estimate of drug-likeness (QED) is 0.650. The van der Waals surface area contributed by atoms with E-state index in [4.69, 9.17) is 0 Å². The Morgan fingerprint density at radius 3 is 2.55 bits per heavy atom. The van der Waals surface area contributed by atoms with E-state index in [1.165, 1.54) is 10.9 Å². The van der Waals surface area contributed by atoms with Crippen LogP contribution in [0.5, 0.6) is 0 Å². The summed E-state index contributed by atoms with van der Waals surface area (Å²) in [7, 11) is 0. The molecule has 0 fully saturated rings. The minimum absolute atomic E-state index is 0.201. The van der Waals surface area contributed by atoms with Crippen molar-refractivity contribution in [2.75, 3.05) is 5.32 Å². The SMILES string of the molecule is CCn1cc2c(C(F)(F)F)cc(=O)n(CCC(=O)Nc3ccc(F)cc3F)c2n1. The van der Waals surface area contributed by atoms with Crippen molar-refractivity contribution < 1.29 is 26.7 Å². The summed E-state index contributed by atoms with van der Waals surface area (Å²) in [4.78, 5) is 24.3. The fourth-order valence-corrected chi connectivity index (χ4v) is 2.81. The lowest BCUT2D eigenvalue weighted by Crippen LogP contribution is -2.25. The number of rotatable bonds is 5. The van der Waals surface area contributed by atoms with Gasteiger partial charge in [0, 0.05) is 43.2 Å². The predicted octanol–water partition coefficient (Wildman–Crippen LogP) is 3.54. The van der Waals surface area contributed by atoms with Crippen LogP contribution in [0.1, 0.15) is 18.9 Å². The topological polar surface area (TPSA) is 68.9 Å². The Hall–Kier alpha value is -3.24. The number of aromatic nitrogens is 3. The van der Waals surface area contributed by atoms with Crippen molar-refractivity contribution in [1.29, 1.82) is 0 Å². The molecule has 0 radical (unpaired) electrons. The molecule has 0 unspecified atom stereocenters. The number of fused-ring (bicyclic) bond motifs is 1. The molecule has 0 spiro atoms. The average molecular weight is 414 g/mol. The van der Waals surface area contributed by atoms with Crippen LogP contribution in [0.3, 0.4) is 0 Å². The first-order valence-electron chi connectivity index (χ1n) is 8.53. The number of amides is 1. The summed E-state index contributed by atoms with van der Waals surface area (Å²) >= 11 is 0. The molecule has 0 bridgehead atoms. The van der Waals surface area contributed by atoms with E-state index in [1.54, 1.807) is 6.92 Å². The molecule has 0 saturated carbocycles. The highest BCUT2D eigenvalue weighted by Gasteiger charge is 2.35. The van der Waals surface area contributed by atoms with E-state index in [2.05, 4.69) is 10.4 Å². The number of nitrogens with one attached hydrogen (secondary N) is 1. The van der Waals surface area contributed by atoms with Crippen molar-refractivity contribution in [2.24, 2.45) is 0 Å². The maximum absolute atomic E-state index is 13.6. The minimum atomic E-state index is -4.74. The Morgan fingerprint density at radius 2 is 1.93 bits per heavy atom. The van der Waals surface area contributed by atoms with Crippen LogP contribution in [-0.4, -0.2) is 20.3 Å². The lowest BCUT2D eigenvalue weighted by molar-refractivity contribution is -0.136. The van der Waals surface area contributed by atoms with Crippen molar-refractivity contribution in [2.45, 2.75) is 32.6 Å². The average Bonchev–Trinajstić information content (AvgIpc) is 3.06. The van der Waals surface area contributed by atoms with Crippen LogP contribution < -0.4 is 10.9 Å². The fourth-order valence-electron chi connectivity index (χ4n) is 2.81. The van der Waals surface area contributed by atoms with Gasteiger partial charge in [-0.1, -0.05) is 0 Å². The van der Waals surface area contributed by atoms with Gasteiger partial charge < -0.3 is 5.32 Å². The molecule has 0 aliphatic carbocycles. The highest BCUT2D eigenvalue weighted by molar-refractivity contribution is 5.90. The number of aryl methyl sites for hydroxylation is 2. The van der Waals surface area contributed by atoms with Gasteiger partial charge in [-0.25, -0.2) is 8.78 Å². The third kappa shape index (κ3) is 4.28. The molecule has 29 heavy (non-hydrogen) atoms. The van der Waals surface area contributed by atoms with Crippen molar-refractivity contribution >= 4 is 22.6 Å². The molecule has 6 nitrogen and oxygen atoms in total. The number of hydrogen-bond acceptors (Lipinski definition) is 3. The number of halogens is 5. The number of benzene rings is 1. The van der Waals surface area contributed by atoms with Gasteiger partial charge in [0.05, 0.1) is 11.3 Å². The summed E-state index contributed by atoms with van der Waals surface area (Å²) in [5.41, 5.74) is -2.53. The number of anilines is 1. The second kappa shape index (κ2) is 7.64. The molecule has 2 aromatic heterocycles. The summed E-state index contributed by atoms with van der Waals surface area (Å²) in [6.45, 7) is 1.68. The van der Waals surface area contributed by atoms with Crippen LogP contribution in [0.25, 0.3) is 11.0 Å². The van der Waals surface area contributed by atoms with Gasteiger partial charge in [0.15, 0.2) is 5.65 Å². The zero-order valence-corrected chi connectivity index (χ0v) is 15.1. The van der Waals surface area contributed by atoms with Gasteiger partial charge in [0.1, 0.15) is 11.6 Å². The summed E-state index contributed by atoms with van der Waals surface area (Å²) in [5.74, 6) is -2.50. The lowest BCUT2D eigenvalue weighted by Gasteiger charge is -2.12. The summed E-state index contributed by atoms with van der Waals surface area (Å²) in [6, 6.07) is 3.05. The van der Waals surface area contributed by atoms with Crippen molar-refractivity contribution in [3.05, 3.63) is 58.0 Å². The Morgan fingerprint density at radius 1 is 1.21 bits per heavy atom. The molecule has 0 atom stereocenters. The van der Waals surface area contributed by atoms with Gasteiger partial charge in [-0.2, -0.15) is 18.3 Å². The smallest absolute Gasteiger partial charge is 0.324 e. The third-order valence-electron chi connectivity index (χ3n) is 4.22. The highest BCUT2D eigenvalue weighted by atomic mass is 19.4. The molecule has 1 aromatic carbocycles. The van der Waals surface area contributed by atoms with E-state index in [9.17, 15) is 31.5 Å². The van der Waals surface area contributed by atoms with Crippen molar-refractivity contribution in [3.8, 4) is 0 Å². The molecule has 154 valence electrons. The first-order chi connectivity index (χ1) is 13.6. The Balaban J connectivity index is 1.88. The van der Waals surface area contributed by atoms with Gasteiger partial charge in [-0.05, 0) is 19.1 Å². The second-order valence-corrected chi connectivity index (χ2v) is 6.19. The fraction of sp³-hybridized carbons (Fsp3) is 0.278. The maximum atomic E-state index is 13.6. The van der Waals surface area contributed by atoms with Gasteiger partial charge in [-0.15, -0.1) is 0 Å². The first-order valence-corrected chi connectivity index (χ1v) is 8.53. The molecule has 11 heteroatoms. The normalized spacial score (nSPS) is 11.8. The van der Waals surface area contributed by atoms with E-state index in [0.29, 0.717) is 12.1 Å². The van der Waals surface area contributed by atoms with Crippen LogP contribution in [0.4, 0.5) is 27.6 Å². The van der Waals surface area contributed by atoms with Gasteiger partial charge >= 0.3 is 6.18 Å². The zero-order chi connectivity index (χ0) is 21.3. The molecule has 1 amide bonds. The van der Waals surface area contributed by atoms with Gasteiger partial charge in [0.25, 0.3) is 5.56 Å². The van der Waals surface area contributed by atoms with Gasteiger partial charge in [0.2, 0.25) is 5.91 Å². The first kappa shape index (κ1) is 20.5. The number of nitrogens with zero attached hydrogens (tertiary/aromatic N) is 3. The van der Waals surface area contributed by atoms with Crippen molar-refractivity contribution in [3.63, 3.8) is 0 Å². The van der Waals surface area contributed by atoms with E-state index >= 15 is 0 Å². The molecular formula is C18H15F5N4O2. The van der Waals surface area contributed by atoms with E-state index in [-0.39, 0.29) is 36.2 Å². The number of pyridine rings is 1. The van der Waals surface area contributed by atoms with Crippen LogP contribution in [0, 0.1) is 11.6 Å². The number of carbonyl (C=O) groups is 1. The Labute approximate surface area is 160 Å². The van der Waals surface area contributed by atoms with E-state index in [0.717, 1.165) is 16.7 Å². The summed E-state index contributed by atoms with van der Waals surface area (Å²) < 4.78 is 68.5. The summed E-state index contributed by atoms with van der Waals surface area (Å²) in [5, 5.41) is 5.96.